The number of benzene rings is 1. The minimum absolute atomic E-state index is 0.100. The molecule has 0 unspecified atom stereocenters. The number of aromatic nitrogens is 4. The number of esters is 1. The number of carbonyl (C=O) groups is 2. The number of methoxy groups -OCH3 is 1. The van der Waals surface area contributed by atoms with Crippen LogP contribution in [0.5, 0.6) is 0 Å². The lowest BCUT2D eigenvalue weighted by Gasteiger charge is -2.05. The molecule has 0 atom stereocenters. The van der Waals surface area contributed by atoms with Gasteiger partial charge in [0.2, 0.25) is 11.1 Å². The van der Waals surface area contributed by atoms with Crippen molar-refractivity contribution < 1.29 is 14.3 Å². The smallest absolute Gasteiger partial charge is 0.325 e. The Morgan fingerprint density at radius 2 is 2.05 bits per heavy atom. The molecule has 0 fully saturated rings. The minimum Gasteiger partial charge on any atom is -0.468 e. The van der Waals surface area contributed by atoms with Crippen LogP contribution in [0, 0.1) is 6.92 Å². The van der Waals surface area contributed by atoms with Gasteiger partial charge in [-0.25, -0.2) is 0 Å². The van der Waals surface area contributed by atoms with Crippen molar-refractivity contribution in [1.82, 2.24) is 25.5 Å². The average molecular weight is 321 g/mol. The Kier molecular flexibility index (Phi) is 5.48. The summed E-state index contributed by atoms with van der Waals surface area (Å²) in [4.78, 5) is 22.6. The van der Waals surface area contributed by atoms with E-state index in [-0.39, 0.29) is 18.2 Å². The summed E-state index contributed by atoms with van der Waals surface area (Å²) >= 11 is 1.18. The van der Waals surface area contributed by atoms with E-state index < -0.39 is 5.97 Å². The number of carbonyl (C=O) groups excluding carboxylic acids is 2. The molecule has 0 saturated heterocycles. The van der Waals surface area contributed by atoms with Crippen LogP contribution in [0.15, 0.2) is 29.4 Å². The number of ether oxygens (including phenoxy) is 1. The lowest BCUT2D eigenvalue weighted by molar-refractivity contribution is -0.140. The van der Waals surface area contributed by atoms with Crippen molar-refractivity contribution in [2.24, 2.45) is 0 Å². The van der Waals surface area contributed by atoms with Crippen LogP contribution in [0.1, 0.15) is 5.56 Å². The van der Waals surface area contributed by atoms with Gasteiger partial charge < -0.3 is 10.1 Å². The van der Waals surface area contributed by atoms with Crippen molar-refractivity contribution in [1.29, 1.82) is 0 Å². The summed E-state index contributed by atoms with van der Waals surface area (Å²) in [7, 11) is 1.26. The van der Waals surface area contributed by atoms with Crippen molar-refractivity contribution in [2.75, 3.05) is 19.4 Å². The van der Waals surface area contributed by atoms with E-state index in [9.17, 15) is 9.59 Å². The summed E-state index contributed by atoms with van der Waals surface area (Å²) < 4.78 is 5.99. The Morgan fingerprint density at radius 1 is 1.32 bits per heavy atom. The quantitative estimate of drug-likeness (QED) is 0.605. The van der Waals surface area contributed by atoms with Crippen LogP contribution in [0.3, 0.4) is 0 Å². The maximum Gasteiger partial charge on any atom is 0.325 e. The van der Waals surface area contributed by atoms with Gasteiger partial charge >= 0.3 is 5.97 Å². The SMILES string of the molecule is COC(=O)CNC(=O)CSc1nnnn1-c1ccc(C)cc1. The van der Waals surface area contributed by atoms with Gasteiger partial charge in [0.1, 0.15) is 6.54 Å². The topological polar surface area (TPSA) is 99.0 Å². The van der Waals surface area contributed by atoms with Gasteiger partial charge in [0.25, 0.3) is 0 Å². The summed E-state index contributed by atoms with van der Waals surface area (Å²) in [6.07, 6.45) is 0. The third-order valence-electron chi connectivity index (χ3n) is 2.71. The number of amides is 1. The number of hydrogen-bond donors (Lipinski definition) is 1. The Bertz CT molecular complexity index is 656. The van der Waals surface area contributed by atoms with Crippen LogP contribution >= 0.6 is 11.8 Å². The van der Waals surface area contributed by atoms with E-state index in [4.69, 9.17) is 0 Å². The molecule has 0 radical (unpaired) electrons. The van der Waals surface area contributed by atoms with E-state index in [2.05, 4.69) is 25.6 Å². The highest BCUT2D eigenvalue weighted by atomic mass is 32.2. The lowest BCUT2D eigenvalue weighted by atomic mass is 10.2. The maximum atomic E-state index is 11.6. The molecule has 9 heteroatoms. The number of nitrogens with zero attached hydrogens (tertiary/aromatic N) is 4. The number of thioether (sulfide) groups is 1. The monoisotopic (exact) mass is 321 g/mol. The molecule has 0 spiro atoms. The van der Waals surface area contributed by atoms with Gasteiger partial charge in [-0.15, -0.1) is 5.10 Å². The van der Waals surface area contributed by atoms with Crippen molar-refractivity contribution >= 4 is 23.6 Å². The first-order valence-electron chi connectivity index (χ1n) is 6.42. The first-order chi connectivity index (χ1) is 10.6. The number of rotatable bonds is 6. The predicted octanol–water partition coefficient (Wildman–Crippen LogP) is 0.352. The summed E-state index contributed by atoms with van der Waals surface area (Å²) in [5.74, 6) is -0.694. The van der Waals surface area contributed by atoms with E-state index >= 15 is 0 Å². The van der Waals surface area contributed by atoms with Gasteiger partial charge in [-0.2, -0.15) is 4.68 Å². The molecule has 0 aliphatic heterocycles. The number of tetrazole rings is 1. The molecular weight excluding hydrogens is 306 g/mol. The first-order valence-corrected chi connectivity index (χ1v) is 7.40. The fourth-order valence-corrected chi connectivity index (χ4v) is 2.26. The van der Waals surface area contributed by atoms with Crippen LogP contribution in [0.25, 0.3) is 5.69 Å². The Balaban J connectivity index is 1.94. The molecule has 1 heterocycles. The Hall–Kier alpha value is -2.42. The van der Waals surface area contributed by atoms with Gasteiger partial charge in [0.15, 0.2) is 0 Å². The second-order valence-electron chi connectivity index (χ2n) is 4.35. The number of hydrogen-bond acceptors (Lipinski definition) is 7. The zero-order valence-electron chi connectivity index (χ0n) is 12.1. The molecule has 2 aromatic rings. The van der Waals surface area contributed by atoms with E-state index in [1.807, 2.05) is 31.2 Å². The largest absolute Gasteiger partial charge is 0.468 e. The molecule has 1 amide bonds. The zero-order valence-corrected chi connectivity index (χ0v) is 13.0. The second-order valence-corrected chi connectivity index (χ2v) is 5.29. The third kappa shape index (κ3) is 4.29. The first kappa shape index (κ1) is 16.0. The molecule has 8 nitrogen and oxygen atoms in total. The van der Waals surface area contributed by atoms with E-state index in [1.165, 1.54) is 18.9 Å². The molecule has 116 valence electrons. The van der Waals surface area contributed by atoms with Gasteiger partial charge in [-0.1, -0.05) is 29.5 Å². The number of aryl methyl sites for hydroxylation is 1. The molecule has 0 bridgehead atoms. The van der Waals surface area contributed by atoms with Crippen LogP contribution in [-0.4, -0.2) is 51.5 Å². The van der Waals surface area contributed by atoms with Crippen LogP contribution in [-0.2, 0) is 14.3 Å². The van der Waals surface area contributed by atoms with Crippen molar-refractivity contribution in [3.63, 3.8) is 0 Å². The van der Waals surface area contributed by atoms with E-state index in [0.29, 0.717) is 5.16 Å². The fraction of sp³-hybridized carbons (Fsp3) is 0.308. The zero-order chi connectivity index (χ0) is 15.9. The van der Waals surface area contributed by atoms with Crippen LogP contribution in [0.4, 0.5) is 0 Å². The highest BCUT2D eigenvalue weighted by Crippen LogP contribution is 2.18. The molecule has 1 aromatic heterocycles. The molecular formula is C13H15N5O3S. The summed E-state index contributed by atoms with van der Waals surface area (Å²) in [6, 6.07) is 7.70. The molecule has 22 heavy (non-hydrogen) atoms. The maximum absolute atomic E-state index is 11.6. The molecule has 1 aromatic carbocycles. The second kappa shape index (κ2) is 7.55. The van der Waals surface area contributed by atoms with Crippen LogP contribution < -0.4 is 5.32 Å². The van der Waals surface area contributed by atoms with Gasteiger partial charge in [-0.3, -0.25) is 9.59 Å². The van der Waals surface area contributed by atoms with Gasteiger partial charge in [0, 0.05) is 0 Å². The Morgan fingerprint density at radius 3 is 2.73 bits per heavy atom. The van der Waals surface area contributed by atoms with Crippen molar-refractivity contribution in [2.45, 2.75) is 12.1 Å². The summed E-state index contributed by atoms with van der Waals surface area (Å²) in [6.45, 7) is 1.84. The predicted molar refractivity (Wildman–Crippen MR) is 79.6 cm³/mol. The Labute approximate surface area is 131 Å². The third-order valence-corrected chi connectivity index (χ3v) is 3.63. The summed E-state index contributed by atoms with van der Waals surface area (Å²) in [5.41, 5.74) is 1.95. The highest BCUT2D eigenvalue weighted by Gasteiger charge is 2.12. The molecule has 0 saturated carbocycles. The van der Waals surface area contributed by atoms with Gasteiger partial charge in [-0.05, 0) is 29.5 Å². The average Bonchev–Trinajstić information content (AvgIpc) is 2.99. The minimum atomic E-state index is -0.497. The molecule has 2 rings (SSSR count). The van der Waals surface area contributed by atoms with Crippen molar-refractivity contribution in [3.05, 3.63) is 29.8 Å². The molecule has 1 N–H and O–H groups in total. The molecule has 0 aliphatic rings. The number of nitrogens with one attached hydrogen (secondary N) is 1. The van der Waals surface area contributed by atoms with Crippen LogP contribution in [0.2, 0.25) is 0 Å². The van der Waals surface area contributed by atoms with Crippen molar-refractivity contribution in [3.8, 4) is 5.69 Å². The normalized spacial score (nSPS) is 10.3. The molecule has 0 aliphatic carbocycles. The standard InChI is InChI=1S/C13H15N5O3S/c1-9-3-5-10(6-4-9)18-13(15-16-17-18)22-8-11(19)14-7-12(20)21-2/h3-6H,7-8H2,1-2H3,(H,14,19). The van der Waals surface area contributed by atoms with Gasteiger partial charge in [0.05, 0.1) is 18.6 Å². The highest BCUT2D eigenvalue weighted by molar-refractivity contribution is 7.99. The lowest BCUT2D eigenvalue weighted by Crippen LogP contribution is -2.31. The van der Waals surface area contributed by atoms with E-state index in [0.717, 1.165) is 11.3 Å². The summed E-state index contributed by atoms with van der Waals surface area (Å²) in [5, 5.41) is 14.4. The fourth-order valence-electron chi connectivity index (χ4n) is 1.54. The van der Waals surface area contributed by atoms with E-state index in [1.54, 1.807) is 4.68 Å².